The monoisotopic (exact) mass is 724 g/mol. The first-order chi connectivity index (χ1) is 24.1. The molecule has 2 saturated heterocycles. The number of hydrogen-bond donors (Lipinski definition) is 8. The summed E-state index contributed by atoms with van der Waals surface area (Å²) in [7, 11) is 0. The fourth-order valence-electron chi connectivity index (χ4n) is 11.2. The van der Waals surface area contributed by atoms with E-state index in [0.29, 0.717) is 44.9 Å². The molecule has 0 spiro atoms. The van der Waals surface area contributed by atoms with Gasteiger partial charge in [0.1, 0.15) is 49.0 Å². The third-order valence-corrected chi connectivity index (χ3v) is 14.1. The second-order valence-corrected chi connectivity index (χ2v) is 16.3. The quantitative estimate of drug-likeness (QED) is 0.127. The van der Waals surface area contributed by atoms with Crippen LogP contribution in [0.3, 0.4) is 0 Å². The average Bonchev–Trinajstić information content (AvgIpc) is 3.39. The number of ether oxygens (including phenoxy) is 4. The third-order valence-electron chi connectivity index (χ3n) is 14.1. The van der Waals surface area contributed by atoms with Gasteiger partial charge in [-0.15, -0.1) is 0 Å². The Morgan fingerprint density at radius 2 is 1.55 bits per heavy atom. The van der Waals surface area contributed by atoms with Gasteiger partial charge in [-0.3, -0.25) is 0 Å². The van der Waals surface area contributed by atoms with Crippen molar-refractivity contribution in [2.45, 2.75) is 156 Å². The van der Waals surface area contributed by atoms with Crippen LogP contribution >= 0.6 is 0 Å². The smallest absolute Gasteiger partial charge is 0.335 e. The van der Waals surface area contributed by atoms with Crippen molar-refractivity contribution >= 4 is 6.29 Å². The molecule has 2 aliphatic heterocycles. The fraction of sp³-hybridized carbons (Fsp3) is 0.833. The van der Waals surface area contributed by atoms with Gasteiger partial charge in [-0.1, -0.05) is 6.92 Å². The minimum absolute atomic E-state index is 0.0215. The Morgan fingerprint density at radius 3 is 2.24 bits per heavy atom. The van der Waals surface area contributed by atoms with Crippen LogP contribution in [-0.2, 0) is 23.7 Å². The molecule has 51 heavy (non-hydrogen) atoms. The summed E-state index contributed by atoms with van der Waals surface area (Å²) in [5.74, 6) is -0.509. The highest BCUT2D eigenvalue weighted by molar-refractivity contribution is 5.64. The second kappa shape index (κ2) is 13.5. The normalized spacial score (nSPS) is 52.7. The number of carbonyl (C=O) groups excluding carboxylic acids is 1. The molecule has 7 rings (SSSR count). The van der Waals surface area contributed by atoms with E-state index in [2.05, 4.69) is 6.92 Å². The molecule has 15 heteroatoms. The van der Waals surface area contributed by atoms with Crippen LogP contribution in [0.4, 0.5) is 0 Å². The molecule has 0 bridgehead atoms. The van der Waals surface area contributed by atoms with Gasteiger partial charge in [0.05, 0.1) is 41.7 Å². The van der Waals surface area contributed by atoms with Crippen LogP contribution in [0.5, 0.6) is 0 Å². The van der Waals surface area contributed by atoms with Gasteiger partial charge in [0.2, 0.25) is 0 Å². The standard InChI is InChI=1S/C36H52O15/c1-17-30(51-32-28(43)26(41)25(40)23(14-37)50-32)27(42)29(44)31(48-17)49-19-5-10-34(16-38)21-6-9-33(2)20(18-3-4-24(39)47-15-18)8-12-36(33,46)22(21)7-11-35(34,45)13-19/h3-4,15-17,19-23,25-32,37,40-46H,5-14H2,1-2H3/t17-,19-,20-,21+,22-,23-,25-,26+,27+,28-,29-,30-,31+,32-,33+,34-,35+,36-/m0/s1. The summed E-state index contributed by atoms with van der Waals surface area (Å²) in [6.07, 6.45) is -8.77. The zero-order valence-corrected chi connectivity index (χ0v) is 28.9. The third kappa shape index (κ3) is 5.70. The maximum atomic E-state index is 13.2. The average molecular weight is 725 g/mol. The highest BCUT2D eigenvalue weighted by Gasteiger charge is 2.71. The molecule has 0 radical (unpaired) electrons. The summed E-state index contributed by atoms with van der Waals surface area (Å²) < 4.78 is 28.4. The van der Waals surface area contributed by atoms with Crippen molar-refractivity contribution < 1.29 is 69.0 Å². The van der Waals surface area contributed by atoms with Crippen LogP contribution < -0.4 is 5.63 Å². The van der Waals surface area contributed by atoms with Crippen molar-refractivity contribution in [3.8, 4) is 0 Å². The molecule has 4 aliphatic carbocycles. The first-order valence-corrected chi connectivity index (χ1v) is 18.3. The van der Waals surface area contributed by atoms with Gasteiger partial charge < -0.3 is 69.0 Å². The summed E-state index contributed by atoms with van der Waals surface area (Å²) in [5, 5.41) is 87.1. The van der Waals surface area contributed by atoms with Crippen molar-refractivity contribution in [2.75, 3.05) is 6.61 Å². The van der Waals surface area contributed by atoms with Crippen molar-refractivity contribution in [2.24, 2.45) is 22.7 Å². The lowest BCUT2D eigenvalue weighted by Crippen LogP contribution is -2.69. The highest BCUT2D eigenvalue weighted by Crippen LogP contribution is 2.71. The number of aliphatic hydroxyl groups is 8. The summed E-state index contributed by atoms with van der Waals surface area (Å²) in [6, 6.07) is 3.17. The van der Waals surface area contributed by atoms with Gasteiger partial charge >= 0.3 is 5.63 Å². The van der Waals surface area contributed by atoms with Crippen molar-refractivity contribution in [1.82, 2.24) is 0 Å². The van der Waals surface area contributed by atoms with Crippen molar-refractivity contribution in [3.05, 3.63) is 34.4 Å². The van der Waals surface area contributed by atoms with E-state index >= 15 is 0 Å². The topological polar surface area (TPSA) is 246 Å². The van der Waals surface area contributed by atoms with Crippen LogP contribution in [0.1, 0.15) is 83.1 Å². The van der Waals surface area contributed by atoms with Gasteiger partial charge in [0.15, 0.2) is 12.6 Å². The van der Waals surface area contributed by atoms with Gasteiger partial charge in [0.25, 0.3) is 0 Å². The van der Waals surface area contributed by atoms with Crippen LogP contribution in [-0.4, -0.2) is 132 Å². The summed E-state index contributed by atoms with van der Waals surface area (Å²) in [5.41, 5.74) is -3.71. The van der Waals surface area contributed by atoms with Gasteiger partial charge in [-0.05, 0) is 87.7 Å². The van der Waals surface area contributed by atoms with E-state index in [1.54, 1.807) is 13.0 Å². The zero-order chi connectivity index (χ0) is 36.7. The molecule has 4 saturated carbocycles. The Hall–Kier alpha value is -1.86. The maximum Gasteiger partial charge on any atom is 0.335 e. The van der Waals surface area contributed by atoms with Crippen LogP contribution in [0, 0.1) is 22.7 Å². The Labute approximate surface area is 295 Å². The molecule has 6 fully saturated rings. The lowest BCUT2D eigenvalue weighted by Gasteiger charge is -2.65. The van der Waals surface area contributed by atoms with E-state index in [4.69, 9.17) is 23.4 Å². The molecular formula is C36H52O15. The first-order valence-electron chi connectivity index (χ1n) is 18.3. The van der Waals surface area contributed by atoms with Crippen LogP contribution in [0.15, 0.2) is 27.6 Å². The molecule has 1 aromatic heterocycles. The lowest BCUT2D eigenvalue weighted by atomic mass is 9.41. The number of aldehydes is 1. The molecule has 18 atom stereocenters. The van der Waals surface area contributed by atoms with E-state index in [0.717, 1.165) is 11.8 Å². The number of aliphatic hydroxyl groups excluding tert-OH is 6. The van der Waals surface area contributed by atoms with E-state index in [-0.39, 0.29) is 30.6 Å². The molecule has 286 valence electrons. The van der Waals surface area contributed by atoms with Gasteiger partial charge in [-0.2, -0.15) is 0 Å². The number of rotatable bonds is 7. The van der Waals surface area contributed by atoms with E-state index in [1.165, 1.54) is 12.3 Å². The predicted molar refractivity (Wildman–Crippen MR) is 173 cm³/mol. The van der Waals surface area contributed by atoms with E-state index in [9.17, 15) is 50.4 Å². The molecule has 3 heterocycles. The number of fused-ring (bicyclic) bond motifs is 5. The molecular weight excluding hydrogens is 672 g/mol. The molecule has 0 amide bonds. The Balaban J connectivity index is 1.03. The summed E-state index contributed by atoms with van der Waals surface area (Å²) >= 11 is 0. The maximum absolute atomic E-state index is 13.2. The SMILES string of the molecule is C[C@@H]1O[C@H](O[C@H]2CC[C@]3(C=O)[C@@H]4CC[C@]5(C)[C@H](c6ccc(=O)oc6)CC[C@]5(O)[C@H]4CC[C@@]3(O)C2)[C@@H](O)[C@@H](O)[C@H]1O[C@@H]1O[C@@H](CO)[C@H](O)[C@@H](O)[C@@H]1O. The fourth-order valence-corrected chi connectivity index (χ4v) is 11.2. The summed E-state index contributed by atoms with van der Waals surface area (Å²) in [4.78, 5) is 24.8. The van der Waals surface area contributed by atoms with Crippen molar-refractivity contribution in [3.63, 3.8) is 0 Å². The Bertz CT molecular complexity index is 1470. The lowest BCUT2D eigenvalue weighted by molar-refractivity contribution is -0.361. The molecule has 0 aromatic carbocycles. The predicted octanol–water partition coefficient (Wildman–Crippen LogP) is -0.788. The molecule has 8 N–H and O–H groups in total. The highest BCUT2D eigenvalue weighted by atomic mass is 16.7. The first kappa shape index (κ1) is 37.5. The van der Waals surface area contributed by atoms with Crippen molar-refractivity contribution in [1.29, 1.82) is 0 Å². The largest absolute Gasteiger partial charge is 0.431 e. The molecule has 15 nitrogen and oxygen atoms in total. The molecule has 1 aromatic rings. The minimum atomic E-state index is -1.72. The van der Waals surface area contributed by atoms with Gasteiger partial charge in [-0.25, -0.2) is 4.79 Å². The minimum Gasteiger partial charge on any atom is -0.431 e. The number of carbonyl (C=O) groups is 1. The molecule has 0 unspecified atom stereocenters. The van der Waals surface area contributed by atoms with E-state index < -0.39 is 102 Å². The zero-order valence-electron chi connectivity index (χ0n) is 28.9. The Kier molecular flexibility index (Phi) is 9.89. The van der Waals surface area contributed by atoms with Gasteiger partial charge in [0, 0.05) is 17.9 Å². The Morgan fingerprint density at radius 1 is 0.843 bits per heavy atom. The summed E-state index contributed by atoms with van der Waals surface area (Å²) in [6.45, 7) is 2.98. The van der Waals surface area contributed by atoms with E-state index in [1.807, 2.05) is 0 Å². The van der Waals surface area contributed by atoms with Crippen LogP contribution in [0.25, 0.3) is 0 Å². The number of hydrogen-bond acceptors (Lipinski definition) is 15. The second-order valence-electron chi connectivity index (χ2n) is 16.3. The van der Waals surface area contributed by atoms with Crippen LogP contribution in [0.2, 0.25) is 0 Å². The molecule has 6 aliphatic rings.